The van der Waals surface area contributed by atoms with Gasteiger partial charge in [0.05, 0.1) is 12.4 Å². The Morgan fingerprint density at radius 1 is 1.58 bits per heavy atom. The molecule has 102 valence electrons. The van der Waals surface area contributed by atoms with Crippen LogP contribution in [0.3, 0.4) is 0 Å². The van der Waals surface area contributed by atoms with Gasteiger partial charge in [0, 0.05) is 6.61 Å². The van der Waals surface area contributed by atoms with E-state index in [0.717, 1.165) is 12.8 Å². The van der Waals surface area contributed by atoms with Crippen LogP contribution < -0.4 is 5.56 Å². The minimum atomic E-state index is -0.264. The summed E-state index contributed by atoms with van der Waals surface area (Å²) in [6, 6.07) is 0.170. The zero-order valence-corrected chi connectivity index (χ0v) is 11.0. The van der Waals surface area contributed by atoms with Crippen molar-refractivity contribution in [2.75, 3.05) is 6.61 Å². The molecule has 1 aliphatic rings. The highest BCUT2D eigenvalue weighted by molar-refractivity contribution is 5.67. The smallest absolute Gasteiger partial charge is 0.280 e. The zero-order chi connectivity index (χ0) is 13.6. The van der Waals surface area contributed by atoms with Crippen molar-refractivity contribution in [3.63, 3.8) is 0 Å². The average Bonchev–Trinajstić information content (AvgIpc) is 2.79. The fourth-order valence-corrected chi connectivity index (χ4v) is 3.04. The maximum atomic E-state index is 11.6. The standard InChI is InChI=1S/C12H17N5O2/c1-12(2)7(3-4-18)5-8(12)17-10-9(15-16-17)11(19)14-6-13-10/h6-8,18H,3-5H2,1-2H3,(H,13,14,19)/t7-,8+/m0/s1. The van der Waals surface area contributed by atoms with E-state index in [2.05, 4.69) is 34.1 Å². The number of nitrogens with zero attached hydrogens (tertiary/aromatic N) is 4. The Morgan fingerprint density at radius 2 is 2.37 bits per heavy atom. The summed E-state index contributed by atoms with van der Waals surface area (Å²) in [5.74, 6) is 0.462. The molecule has 2 heterocycles. The van der Waals surface area contributed by atoms with Gasteiger partial charge in [-0.15, -0.1) is 5.10 Å². The Morgan fingerprint density at radius 3 is 3.05 bits per heavy atom. The van der Waals surface area contributed by atoms with E-state index in [1.54, 1.807) is 4.68 Å². The Labute approximate surface area is 109 Å². The molecule has 0 radical (unpaired) electrons. The van der Waals surface area contributed by atoms with Gasteiger partial charge in [-0.25, -0.2) is 9.67 Å². The fourth-order valence-electron chi connectivity index (χ4n) is 3.04. The molecule has 1 saturated carbocycles. The molecule has 2 aromatic heterocycles. The van der Waals surface area contributed by atoms with Crippen molar-refractivity contribution in [1.29, 1.82) is 0 Å². The molecule has 3 rings (SSSR count). The lowest BCUT2D eigenvalue weighted by Crippen LogP contribution is -2.46. The highest BCUT2D eigenvalue weighted by atomic mass is 16.3. The van der Waals surface area contributed by atoms with Crippen LogP contribution in [0.1, 0.15) is 32.7 Å². The fraction of sp³-hybridized carbons (Fsp3) is 0.667. The van der Waals surface area contributed by atoms with Gasteiger partial charge in [0.2, 0.25) is 0 Å². The molecule has 1 aliphatic carbocycles. The number of aliphatic hydroxyl groups is 1. The second-order valence-electron chi connectivity index (χ2n) is 5.72. The third-order valence-corrected chi connectivity index (χ3v) is 4.46. The minimum Gasteiger partial charge on any atom is -0.396 e. The van der Waals surface area contributed by atoms with E-state index in [4.69, 9.17) is 5.11 Å². The highest BCUT2D eigenvalue weighted by Crippen LogP contribution is 2.55. The van der Waals surface area contributed by atoms with E-state index < -0.39 is 0 Å². The van der Waals surface area contributed by atoms with Gasteiger partial charge >= 0.3 is 0 Å². The molecule has 0 spiro atoms. The molecular weight excluding hydrogens is 246 g/mol. The van der Waals surface area contributed by atoms with Crippen LogP contribution in [0, 0.1) is 11.3 Å². The molecule has 2 atom stereocenters. The predicted molar refractivity (Wildman–Crippen MR) is 68.6 cm³/mol. The van der Waals surface area contributed by atoms with Crippen molar-refractivity contribution < 1.29 is 5.11 Å². The number of aliphatic hydroxyl groups excluding tert-OH is 1. The molecule has 0 amide bonds. The number of fused-ring (bicyclic) bond motifs is 1. The summed E-state index contributed by atoms with van der Waals surface area (Å²) < 4.78 is 1.75. The molecule has 0 aromatic carbocycles. The molecule has 0 aliphatic heterocycles. The first-order valence-corrected chi connectivity index (χ1v) is 6.45. The normalized spacial score (nSPS) is 25.4. The molecular formula is C12H17N5O2. The van der Waals surface area contributed by atoms with E-state index in [1.807, 2.05) is 0 Å². The van der Waals surface area contributed by atoms with Gasteiger partial charge in [0.15, 0.2) is 11.2 Å². The van der Waals surface area contributed by atoms with Crippen molar-refractivity contribution in [1.82, 2.24) is 25.0 Å². The number of hydrogen-bond donors (Lipinski definition) is 2. The number of hydrogen-bond acceptors (Lipinski definition) is 5. The predicted octanol–water partition coefficient (Wildman–Crippen LogP) is 0.484. The van der Waals surface area contributed by atoms with E-state index in [9.17, 15) is 4.79 Å². The van der Waals surface area contributed by atoms with Crippen LogP contribution in [0.25, 0.3) is 11.2 Å². The summed E-state index contributed by atoms with van der Waals surface area (Å²) in [4.78, 5) is 18.3. The minimum absolute atomic E-state index is 0.0215. The van der Waals surface area contributed by atoms with E-state index in [-0.39, 0.29) is 29.1 Å². The number of H-pyrrole nitrogens is 1. The molecule has 7 heteroatoms. The van der Waals surface area contributed by atoms with Gasteiger partial charge < -0.3 is 10.1 Å². The lowest BCUT2D eigenvalue weighted by molar-refractivity contribution is -0.0286. The Bertz CT molecular complexity index is 659. The summed E-state index contributed by atoms with van der Waals surface area (Å²) >= 11 is 0. The Hall–Kier alpha value is -1.76. The summed E-state index contributed by atoms with van der Waals surface area (Å²) in [7, 11) is 0. The summed E-state index contributed by atoms with van der Waals surface area (Å²) in [5, 5.41) is 17.1. The second-order valence-corrected chi connectivity index (χ2v) is 5.72. The van der Waals surface area contributed by atoms with Crippen LogP contribution in [0.4, 0.5) is 0 Å². The SMILES string of the molecule is CC1(C)[C@@H](CCO)C[C@H]1n1nnc2c(=O)[nH]cnc21. The van der Waals surface area contributed by atoms with Crippen LogP contribution in [-0.2, 0) is 0 Å². The summed E-state index contributed by atoms with van der Waals surface area (Å²) in [6.07, 6.45) is 3.10. The number of rotatable bonds is 3. The van der Waals surface area contributed by atoms with Crippen LogP contribution in [-0.4, -0.2) is 36.7 Å². The van der Waals surface area contributed by atoms with Crippen LogP contribution >= 0.6 is 0 Å². The average molecular weight is 263 g/mol. The molecule has 19 heavy (non-hydrogen) atoms. The van der Waals surface area contributed by atoms with Crippen LogP contribution in [0.5, 0.6) is 0 Å². The van der Waals surface area contributed by atoms with Crippen molar-refractivity contribution in [2.24, 2.45) is 11.3 Å². The van der Waals surface area contributed by atoms with E-state index in [0.29, 0.717) is 11.6 Å². The molecule has 1 fully saturated rings. The van der Waals surface area contributed by atoms with Crippen molar-refractivity contribution >= 4 is 11.2 Å². The lowest BCUT2D eigenvalue weighted by atomic mass is 9.57. The van der Waals surface area contributed by atoms with Gasteiger partial charge in [-0.05, 0) is 24.2 Å². The second kappa shape index (κ2) is 4.12. The lowest BCUT2D eigenvalue weighted by Gasteiger charge is -2.51. The summed E-state index contributed by atoms with van der Waals surface area (Å²) in [6.45, 7) is 4.52. The molecule has 0 bridgehead atoms. The maximum absolute atomic E-state index is 11.6. The first-order valence-electron chi connectivity index (χ1n) is 6.45. The van der Waals surface area contributed by atoms with Gasteiger partial charge in [0.1, 0.15) is 0 Å². The van der Waals surface area contributed by atoms with Crippen LogP contribution in [0.2, 0.25) is 0 Å². The highest BCUT2D eigenvalue weighted by Gasteiger charge is 2.49. The van der Waals surface area contributed by atoms with Gasteiger partial charge in [0.25, 0.3) is 5.56 Å². The number of aromatic nitrogens is 5. The molecule has 0 saturated heterocycles. The first-order chi connectivity index (χ1) is 9.05. The number of aromatic amines is 1. The molecule has 7 nitrogen and oxygen atoms in total. The zero-order valence-electron chi connectivity index (χ0n) is 11.0. The van der Waals surface area contributed by atoms with E-state index in [1.165, 1.54) is 6.33 Å². The van der Waals surface area contributed by atoms with Crippen molar-refractivity contribution in [2.45, 2.75) is 32.7 Å². The van der Waals surface area contributed by atoms with Crippen molar-refractivity contribution in [3.05, 3.63) is 16.7 Å². The van der Waals surface area contributed by atoms with E-state index >= 15 is 0 Å². The number of nitrogens with one attached hydrogen (secondary N) is 1. The molecule has 2 aromatic rings. The van der Waals surface area contributed by atoms with Gasteiger partial charge in [-0.2, -0.15) is 0 Å². The third-order valence-electron chi connectivity index (χ3n) is 4.46. The Balaban J connectivity index is 1.99. The maximum Gasteiger partial charge on any atom is 0.280 e. The topological polar surface area (TPSA) is 96.7 Å². The Kier molecular flexibility index (Phi) is 2.67. The van der Waals surface area contributed by atoms with Gasteiger partial charge in [-0.3, -0.25) is 4.79 Å². The monoisotopic (exact) mass is 263 g/mol. The summed E-state index contributed by atoms with van der Waals surface area (Å²) in [5.41, 5.74) is 0.571. The largest absolute Gasteiger partial charge is 0.396 e. The molecule has 2 N–H and O–H groups in total. The van der Waals surface area contributed by atoms with Crippen molar-refractivity contribution in [3.8, 4) is 0 Å². The third kappa shape index (κ3) is 1.68. The quantitative estimate of drug-likeness (QED) is 0.839. The van der Waals surface area contributed by atoms with Crippen LogP contribution in [0.15, 0.2) is 11.1 Å². The van der Waals surface area contributed by atoms with Gasteiger partial charge in [-0.1, -0.05) is 19.1 Å². The first kappa shape index (κ1) is 12.3. The molecule has 0 unspecified atom stereocenters.